The summed E-state index contributed by atoms with van der Waals surface area (Å²) in [4.78, 5) is 70.8. The molecule has 2 aliphatic heterocycles. The third-order valence-corrected chi connectivity index (χ3v) is 6.90. The summed E-state index contributed by atoms with van der Waals surface area (Å²) in [6.45, 7) is 1.63. The molecule has 34 heavy (non-hydrogen) atoms. The van der Waals surface area contributed by atoms with E-state index in [2.05, 4.69) is 15.3 Å². The van der Waals surface area contributed by atoms with Gasteiger partial charge < -0.3 is 21.1 Å². The smallest absolute Gasteiger partial charge is 0.352 e. The number of amides is 4. The number of nitrogens with one attached hydrogen (secondary N) is 2. The lowest BCUT2D eigenvalue weighted by Gasteiger charge is -2.49. The molecule has 2 unspecified atom stereocenters. The van der Waals surface area contributed by atoms with Crippen LogP contribution in [-0.2, 0) is 14.4 Å². The molecule has 1 aromatic heterocycles. The van der Waals surface area contributed by atoms with Crippen LogP contribution in [0.15, 0.2) is 58.9 Å². The number of urea groups is 1. The van der Waals surface area contributed by atoms with Crippen LogP contribution in [0, 0.1) is 0 Å². The Balaban J connectivity index is 1.68. The number of hydrogen-bond acceptors (Lipinski definition) is 7. The maximum absolute atomic E-state index is 13.5. The van der Waals surface area contributed by atoms with Crippen molar-refractivity contribution < 1.29 is 24.3 Å². The number of aromatic nitrogens is 2. The largest absolute Gasteiger partial charge is 0.477 e. The van der Waals surface area contributed by atoms with E-state index in [0.29, 0.717) is 16.9 Å². The highest BCUT2D eigenvalue weighted by atomic mass is 32.2. The number of aromatic amines is 1. The Hall–Kier alpha value is -4.13. The first-order chi connectivity index (χ1) is 16.2. The van der Waals surface area contributed by atoms with Gasteiger partial charge in [-0.1, -0.05) is 30.3 Å². The molecule has 0 spiro atoms. The van der Waals surface area contributed by atoms with Crippen LogP contribution in [0.1, 0.15) is 18.5 Å². The fourth-order valence-electron chi connectivity index (χ4n) is 3.95. The van der Waals surface area contributed by atoms with Crippen molar-refractivity contribution in [2.24, 2.45) is 5.73 Å². The number of H-pyrrole nitrogens is 1. The minimum atomic E-state index is -1.39. The molecular weight excluding hydrogens is 464 g/mol. The van der Waals surface area contributed by atoms with Crippen molar-refractivity contribution in [2.75, 3.05) is 10.7 Å². The maximum Gasteiger partial charge on any atom is 0.352 e. The zero-order valence-electron chi connectivity index (χ0n) is 17.8. The van der Waals surface area contributed by atoms with Gasteiger partial charge in [0.1, 0.15) is 28.8 Å². The SMILES string of the molecule is CC1=C(C(=O)O)N2C(=O)C(NC(=O)C(c3ccccc3)N(C(N)=O)c3cnc[nH]c3=O)[C@@H]2SC1. The van der Waals surface area contributed by atoms with Gasteiger partial charge in [0.05, 0.1) is 12.5 Å². The van der Waals surface area contributed by atoms with E-state index < -0.39 is 46.8 Å². The molecule has 1 fully saturated rings. The zero-order chi connectivity index (χ0) is 24.6. The molecule has 176 valence electrons. The minimum absolute atomic E-state index is 0.0977. The summed E-state index contributed by atoms with van der Waals surface area (Å²) in [5.41, 5.74) is 5.41. The van der Waals surface area contributed by atoms with Crippen molar-refractivity contribution in [3.05, 3.63) is 70.0 Å². The fourth-order valence-corrected chi connectivity index (χ4v) is 5.25. The van der Waals surface area contributed by atoms with E-state index in [9.17, 15) is 29.1 Å². The van der Waals surface area contributed by atoms with Gasteiger partial charge in [0.2, 0.25) is 5.91 Å². The van der Waals surface area contributed by atoms with E-state index in [-0.39, 0.29) is 11.4 Å². The molecule has 0 saturated carbocycles. The minimum Gasteiger partial charge on any atom is -0.477 e. The number of primary amides is 1. The Morgan fingerprint density at radius 1 is 1.29 bits per heavy atom. The van der Waals surface area contributed by atoms with Crippen LogP contribution in [-0.4, -0.2) is 61.0 Å². The van der Waals surface area contributed by atoms with Gasteiger partial charge in [0, 0.05) is 5.75 Å². The molecule has 4 rings (SSSR count). The van der Waals surface area contributed by atoms with Crippen LogP contribution in [0.3, 0.4) is 0 Å². The second kappa shape index (κ2) is 9.02. The molecule has 5 N–H and O–H groups in total. The molecule has 3 heterocycles. The van der Waals surface area contributed by atoms with Gasteiger partial charge in [0.25, 0.3) is 11.5 Å². The van der Waals surface area contributed by atoms with Crippen LogP contribution in [0.25, 0.3) is 0 Å². The van der Waals surface area contributed by atoms with Crippen molar-refractivity contribution in [1.29, 1.82) is 0 Å². The zero-order valence-corrected chi connectivity index (χ0v) is 18.6. The number of carboxylic acid groups (broad SMARTS) is 1. The first kappa shape index (κ1) is 23.0. The Morgan fingerprint density at radius 2 is 2.00 bits per heavy atom. The van der Waals surface area contributed by atoms with Crippen LogP contribution in [0.4, 0.5) is 10.5 Å². The van der Waals surface area contributed by atoms with Crippen LogP contribution < -0.4 is 21.5 Å². The third-order valence-electron chi connectivity index (χ3n) is 5.48. The first-order valence-electron chi connectivity index (χ1n) is 10.1. The highest BCUT2D eigenvalue weighted by Crippen LogP contribution is 2.40. The topological polar surface area (TPSA) is 179 Å². The lowest BCUT2D eigenvalue weighted by atomic mass is 10.00. The molecule has 0 radical (unpaired) electrons. The van der Waals surface area contributed by atoms with Gasteiger partial charge in [-0.3, -0.25) is 24.2 Å². The van der Waals surface area contributed by atoms with E-state index in [1.54, 1.807) is 37.3 Å². The van der Waals surface area contributed by atoms with Gasteiger partial charge in [-0.15, -0.1) is 11.8 Å². The monoisotopic (exact) mass is 484 g/mol. The highest BCUT2D eigenvalue weighted by molar-refractivity contribution is 8.00. The van der Waals surface area contributed by atoms with E-state index in [1.165, 1.54) is 11.8 Å². The molecule has 3 atom stereocenters. The second-order valence-electron chi connectivity index (χ2n) is 7.62. The Bertz CT molecular complexity index is 1260. The number of carboxylic acids is 1. The lowest BCUT2D eigenvalue weighted by Crippen LogP contribution is -2.71. The van der Waals surface area contributed by atoms with Gasteiger partial charge in [0.15, 0.2) is 0 Å². The number of β-lactam (4-membered cyclic amide) rings is 1. The number of nitrogens with two attached hydrogens (primary N) is 1. The molecule has 2 aromatic rings. The van der Waals surface area contributed by atoms with Gasteiger partial charge >= 0.3 is 12.0 Å². The molecule has 2 aliphatic rings. The summed E-state index contributed by atoms with van der Waals surface area (Å²) in [7, 11) is 0. The van der Waals surface area contributed by atoms with E-state index in [1.807, 2.05) is 0 Å². The van der Waals surface area contributed by atoms with Crippen molar-refractivity contribution in [3.63, 3.8) is 0 Å². The number of anilines is 1. The molecular formula is C21H20N6O6S. The quantitative estimate of drug-likeness (QED) is 0.419. The highest BCUT2D eigenvalue weighted by Gasteiger charge is 2.54. The number of carbonyl (C=O) groups excluding carboxylic acids is 3. The normalized spacial score (nSPS) is 20.1. The standard InChI is InChI=1S/C21H20N6O6S/c1-10-8-34-19-13(18(30)27(19)14(10)20(31)32)25-17(29)15(11-5-3-2-4-6-11)26(21(22)33)12-7-23-9-24-16(12)28/h2-7,9,13,15,19H,8H2,1H3,(H2,22,33)(H,25,29)(H,31,32)(H,23,24,28)/t13?,15?,19-/m0/s1. The number of carbonyl (C=O) groups is 4. The van der Waals surface area contributed by atoms with Gasteiger partial charge in [-0.25, -0.2) is 14.6 Å². The fraction of sp³-hybridized carbons (Fsp3) is 0.238. The summed E-state index contributed by atoms with van der Waals surface area (Å²) < 4.78 is 0. The predicted octanol–water partition coefficient (Wildman–Crippen LogP) is 0.155. The van der Waals surface area contributed by atoms with Crippen LogP contribution in [0.5, 0.6) is 0 Å². The average Bonchev–Trinajstić information content (AvgIpc) is 2.81. The van der Waals surface area contributed by atoms with Gasteiger partial charge in [-0.05, 0) is 18.1 Å². The Labute approximate surface area is 196 Å². The Morgan fingerprint density at radius 3 is 2.62 bits per heavy atom. The molecule has 0 aliphatic carbocycles. The maximum atomic E-state index is 13.5. The number of aliphatic carboxylic acids is 1. The molecule has 4 amide bonds. The van der Waals surface area contributed by atoms with E-state index in [0.717, 1.165) is 22.3 Å². The third kappa shape index (κ3) is 3.90. The number of hydrogen-bond donors (Lipinski definition) is 4. The summed E-state index contributed by atoms with van der Waals surface area (Å²) in [6.07, 6.45) is 2.23. The van der Waals surface area contributed by atoms with Crippen molar-refractivity contribution in [3.8, 4) is 0 Å². The lowest BCUT2D eigenvalue weighted by molar-refractivity contribution is -0.150. The predicted molar refractivity (Wildman–Crippen MR) is 121 cm³/mol. The van der Waals surface area contributed by atoms with Crippen molar-refractivity contribution in [1.82, 2.24) is 20.2 Å². The molecule has 0 bridgehead atoms. The van der Waals surface area contributed by atoms with Gasteiger partial charge in [-0.2, -0.15) is 0 Å². The second-order valence-corrected chi connectivity index (χ2v) is 8.72. The number of fused-ring (bicyclic) bond motifs is 1. The molecule has 1 saturated heterocycles. The first-order valence-corrected chi connectivity index (χ1v) is 11.1. The summed E-state index contributed by atoms with van der Waals surface area (Å²) in [5.74, 6) is -2.20. The van der Waals surface area contributed by atoms with E-state index in [4.69, 9.17) is 5.73 Å². The van der Waals surface area contributed by atoms with Crippen LogP contribution >= 0.6 is 11.8 Å². The summed E-state index contributed by atoms with van der Waals surface area (Å²) >= 11 is 1.32. The van der Waals surface area contributed by atoms with Crippen molar-refractivity contribution in [2.45, 2.75) is 24.4 Å². The average molecular weight is 484 g/mol. The number of benzene rings is 1. The Kier molecular flexibility index (Phi) is 6.11. The number of nitrogens with zero attached hydrogens (tertiary/aromatic N) is 3. The molecule has 13 heteroatoms. The van der Waals surface area contributed by atoms with Crippen LogP contribution in [0.2, 0.25) is 0 Å². The molecule has 12 nitrogen and oxygen atoms in total. The molecule has 1 aromatic carbocycles. The summed E-state index contributed by atoms with van der Waals surface area (Å²) in [6, 6.07) is 4.64. The summed E-state index contributed by atoms with van der Waals surface area (Å²) in [5, 5.41) is 11.5. The van der Waals surface area contributed by atoms with E-state index >= 15 is 0 Å². The van der Waals surface area contributed by atoms with Crippen molar-refractivity contribution >= 4 is 41.3 Å². The number of thioether (sulfide) groups is 1. The number of rotatable bonds is 6.